The number of carbonyl (C=O) groups is 1. The van der Waals surface area contributed by atoms with Crippen molar-refractivity contribution in [2.45, 2.75) is 24.9 Å². The third-order valence-electron chi connectivity index (χ3n) is 4.11. The van der Waals surface area contributed by atoms with Crippen LogP contribution in [0.4, 0.5) is 0 Å². The Balaban J connectivity index is 1.88. The van der Waals surface area contributed by atoms with Crippen LogP contribution in [0.2, 0.25) is 0 Å². The number of piperazine rings is 1. The van der Waals surface area contributed by atoms with Gasteiger partial charge < -0.3 is 11.1 Å². The summed E-state index contributed by atoms with van der Waals surface area (Å²) in [6.45, 7) is 2.50. The molecule has 2 atom stereocenters. The van der Waals surface area contributed by atoms with E-state index < -0.39 is 0 Å². The number of rotatable bonds is 2. The molecule has 2 aliphatic rings. The minimum Gasteiger partial charge on any atom is -0.368 e. The number of aryl methyl sites for hydroxylation is 1. The lowest BCUT2D eigenvalue weighted by Crippen LogP contribution is -2.57. The molecular weight excluding hydrogens is 226 g/mol. The van der Waals surface area contributed by atoms with E-state index in [4.69, 9.17) is 5.73 Å². The van der Waals surface area contributed by atoms with Gasteiger partial charge in [0.1, 0.15) is 6.04 Å². The summed E-state index contributed by atoms with van der Waals surface area (Å²) in [4.78, 5) is 13.9. The Bertz CT molecular complexity index is 460. The van der Waals surface area contributed by atoms with Crippen molar-refractivity contribution in [3.8, 4) is 0 Å². The molecule has 1 fully saturated rings. The summed E-state index contributed by atoms with van der Waals surface area (Å²) in [5.41, 5.74) is 8.33. The van der Waals surface area contributed by atoms with Gasteiger partial charge in [-0.15, -0.1) is 0 Å². The standard InChI is InChI=1S/C14H19N3O/c15-14(18)13-9-16-7-8-17(13)12-6-5-10-3-1-2-4-11(10)12/h1-4,12-13,16H,5-9H2,(H2,15,18). The molecule has 4 heteroatoms. The van der Waals surface area contributed by atoms with Crippen LogP contribution in [0.5, 0.6) is 0 Å². The summed E-state index contributed by atoms with van der Waals surface area (Å²) in [6, 6.07) is 8.74. The van der Waals surface area contributed by atoms with Gasteiger partial charge in [-0.2, -0.15) is 0 Å². The SMILES string of the molecule is NC(=O)C1CNCCN1C1CCc2ccccc21. The van der Waals surface area contributed by atoms with E-state index in [-0.39, 0.29) is 11.9 Å². The van der Waals surface area contributed by atoms with Crippen molar-refractivity contribution in [3.05, 3.63) is 35.4 Å². The summed E-state index contributed by atoms with van der Waals surface area (Å²) >= 11 is 0. The van der Waals surface area contributed by atoms with Crippen LogP contribution >= 0.6 is 0 Å². The van der Waals surface area contributed by atoms with Crippen molar-refractivity contribution in [2.75, 3.05) is 19.6 Å². The molecule has 0 aromatic heterocycles. The van der Waals surface area contributed by atoms with E-state index >= 15 is 0 Å². The molecule has 3 rings (SSSR count). The van der Waals surface area contributed by atoms with Crippen molar-refractivity contribution in [3.63, 3.8) is 0 Å². The first kappa shape index (κ1) is 11.7. The molecule has 18 heavy (non-hydrogen) atoms. The Kier molecular flexibility index (Phi) is 3.06. The lowest BCUT2D eigenvalue weighted by molar-refractivity contribution is -0.124. The number of amides is 1. The second kappa shape index (κ2) is 4.71. The van der Waals surface area contributed by atoms with E-state index in [0.717, 1.165) is 25.9 Å². The Morgan fingerprint density at radius 2 is 2.22 bits per heavy atom. The zero-order valence-electron chi connectivity index (χ0n) is 10.4. The van der Waals surface area contributed by atoms with E-state index in [1.165, 1.54) is 11.1 Å². The molecule has 2 unspecified atom stereocenters. The molecule has 96 valence electrons. The van der Waals surface area contributed by atoms with Crippen LogP contribution in [-0.4, -0.2) is 36.5 Å². The molecule has 4 nitrogen and oxygen atoms in total. The van der Waals surface area contributed by atoms with E-state index in [9.17, 15) is 4.79 Å². The first-order valence-electron chi connectivity index (χ1n) is 6.61. The number of primary amides is 1. The summed E-state index contributed by atoms with van der Waals surface area (Å²) in [5.74, 6) is -0.216. The van der Waals surface area contributed by atoms with Crippen molar-refractivity contribution in [2.24, 2.45) is 5.73 Å². The van der Waals surface area contributed by atoms with Gasteiger partial charge in [0.15, 0.2) is 0 Å². The van der Waals surface area contributed by atoms with Crippen LogP contribution in [0.25, 0.3) is 0 Å². The Morgan fingerprint density at radius 3 is 3.06 bits per heavy atom. The molecule has 0 bridgehead atoms. The molecule has 1 aliphatic heterocycles. The van der Waals surface area contributed by atoms with Gasteiger partial charge in [0.2, 0.25) is 5.91 Å². The maximum atomic E-state index is 11.6. The fourth-order valence-corrected chi connectivity index (χ4v) is 3.24. The first-order valence-corrected chi connectivity index (χ1v) is 6.61. The van der Waals surface area contributed by atoms with Gasteiger partial charge in [0.05, 0.1) is 0 Å². The lowest BCUT2D eigenvalue weighted by Gasteiger charge is -2.38. The number of nitrogens with one attached hydrogen (secondary N) is 1. The van der Waals surface area contributed by atoms with E-state index in [1.807, 2.05) is 0 Å². The van der Waals surface area contributed by atoms with Crippen molar-refractivity contribution in [1.29, 1.82) is 0 Å². The third-order valence-corrected chi connectivity index (χ3v) is 4.11. The third kappa shape index (κ3) is 1.91. The molecule has 1 aromatic rings. The average molecular weight is 245 g/mol. The van der Waals surface area contributed by atoms with Crippen molar-refractivity contribution in [1.82, 2.24) is 10.2 Å². The molecular formula is C14H19N3O. The zero-order valence-corrected chi connectivity index (χ0v) is 10.4. The molecule has 1 saturated heterocycles. The van der Waals surface area contributed by atoms with Crippen LogP contribution in [-0.2, 0) is 11.2 Å². The molecule has 3 N–H and O–H groups in total. The highest BCUT2D eigenvalue weighted by atomic mass is 16.1. The van der Waals surface area contributed by atoms with Gasteiger partial charge in [-0.25, -0.2) is 0 Å². The van der Waals surface area contributed by atoms with Gasteiger partial charge >= 0.3 is 0 Å². The number of hydrogen-bond donors (Lipinski definition) is 2. The van der Waals surface area contributed by atoms with Gasteiger partial charge in [-0.1, -0.05) is 24.3 Å². The summed E-state index contributed by atoms with van der Waals surface area (Å²) in [6.07, 6.45) is 2.21. The Labute approximate surface area is 107 Å². The fourth-order valence-electron chi connectivity index (χ4n) is 3.24. The number of hydrogen-bond acceptors (Lipinski definition) is 3. The highest BCUT2D eigenvalue weighted by Gasteiger charge is 2.35. The Morgan fingerprint density at radius 1 is 1.39 bits per heavy atom. The molecule has 1 amide bonds. The smallest absolute Gasteiger partial charge is 0.236 e. The summed E-state index contributed by atoms with van der Waals surface area (Å²) in [5, 5.41) is 3.25. The largest absolute Gasteiger partial charge is 0.368 e. The first-order chi connectivity index (χ1) is 8.77. The van der Waals surface area contributed by atoms with Gasteiger partial charge in [0.25, 0.3) is 0 Å². The van der Waals surface area contributed by atoms with Gasteiger partial charge in [-0.3, -0.25) is 9.69 Å². The van der Waals surface area contributed by atoms with Crippen LogP contribution in [0.15, 0.2) is 24.3 Å². The maximum absolute atomic E-state index is 11.6. The quantitative estimate of drug-likeness (QED) is 0.794. The summed E-state index contributed by atoms with van der Waals surface area (Å²) in [7, 11) is 0. The van der Waals surface area contributed by atoms with Crippen LogP contribution in [0.3, 0.4) is 0 Å². The van der Waals surface area contributed by atoms with Crippen LogP contribution in [0.1, 0.15) is 23.6 Å². The molecule has 1 aliphatic carbocycles. The molecule has 0 radical (unpaired) electrons. The molecule has 0 saturated carbocycles. The van der Waals surface area contributed by atoms with E-state index in [2.05, 4.69) is 34.5 Å². The second-order valence-electron chi connectivity index (χ2n) is 5.11. The number of benzene rings is 1. The number of fused-ring (bicyclic) bond motifs is 1. The topological polar surface area (TPSA) is 58.4 Å². The predicted molar refractivity (Wildman–Crippen MR) is 70.1 cm³/mol. The molecule has 0 spiro atoms. The summed E-state index contributed by atoms with van der Waals surface area (Å²) < 4.78 is 0. The normalized spacial score (nSPS) is 28.0. The van der Waals surface area contributed by atoms with Gasteiger partial charge in [-0.05, 0) is 24.0 Å². The minimum atomic E-state index is -0.216. The highest BCUT2D eigenvalue weighted by Crippen LogP contribution is 2.36. The number of nitrogens with zero attached hydrogens (tertiary/aromatic N) is 1. The molecule has 1 heterocycles. The van der Waals surface area contributed by atoms with E-state index in [0.29, 0.717) is 12.6 Å². The highest BCUT2D eigenvalue weighted by molar-refractivity contribution is 5.80. The van der Waals surface area contributed by atoms with E-state index in [1.54, 1.807) is 0 Å². The predicted octanol–water partition coefficient (Wildman–Crippen LogP) is 0.433. The van der Waals surface area contributed by atoms with Gasteiger partial charge in [0, 0.05) is 25.7 Å². The minimum absolute atomic E-state index is 0.171. The Hall–Kier alpha value is -1.39. The van der Waals surface area contributed by atoms with Crippen LogP contribution < -0.4 is 11.1 Å². The maximum Gasteiger partial charge on any atom is 0.236 e. The molecule has 1 aromatic carbocycles. The van der Waals surface area contributed by atoms with Crippen molar-refractivity contribution >= 4 is 5.91 Å². The lowest BCUT2D eigenvalue weighted by atomic mass is 10.0. The second-order valence-corrected chi connectivity index (χ2v) is 5.11. The van der Waals surface area contributed by atoms with Crippen LogP contribution in [0, 0.1) is 0 Å². The fraction of sp³-hybridized carbons (Fsp3) is 0.500. The van der Waals surface area contributed by atoms with Crippen molar-refractivity contribution < 1.29 is 4.79 Å². The average Bonchev–Trinajstić information content (AvgIpc) is 2.82. The number of carbonyl (C=O) groups excluding carboxylic acids is 1. The number of nitrogens with two attached hydrogens (primary N) is 1. The monoisotopic (exact) mass is 245 g/mol. The zero-order chi connectivity index (χ0) is 12.5.